The molecule has 0 spiro atoms. The van der Waals surface area contributed by atoms with E-state index in [1.165, 1.54) is 4.90 Å². The number of nitrogens with zero attached hydrogens (tertiary/aromatic N) is 2. The van der Waals surface area contributed by atoms with Crippen molar-refractivity contribution in [2.24, 2.45) is 17.3 Å². The van der Waals surface area contributed by atoms with Gasteiger partial charge < -0.3 is 24.3 Å². The number of benzene rings is 1. The first-order valence-electron chi connectivity index (χ1n) is 13.3. The second kappa shape index (κ2) is 9.81. The van der Waals surface area contributed by atoms with Gasteiger partial charge in [-0.25, -0.2) is 4.79 Å². The average molecular weight is 505 g/mol. The number of nitrogens with one attached hydrogen (secondary N) is 1. The third kappa shape index (κ3) is 4.77. The molecule has 6 atom stereocenters. The minimum atomic E-state index is -0.582. The number of likely N-dealkylation sites (tertiary alicyclic amines) is 1. The molecular formula is C28H36BN3O5. The standard InChI is InChI=1S/C28H36BN3O5/c1-18(16-30)25(33)32-12-8-11-21(17-32)35-26(34)31-24(13-19-9-6-5-7-10-19)29-36-23-15-20-14-22(27(20,2)3)28(23,4)37-29/h5-7,9-10,20-24H,1,8,11-15,17H2,2-4H3,(H,31,34)/t20-,21+,22-,23+,24-,28-/m0/s1. The fourth-order valence-corrected chi connectivity index (χ4v) is 6.95. The minimum absolute atomic E-state index is 0.0107. The zero-order chi connectivity index (χ0) is 26.4. The molecule has 1 aromatic carbocycles. The summed E-state index contributed by atoms with van der Waals surface area (Å²) in [6, 6.07) is 11.8. The predicted molar refractivity (Wildman–Crippen MR) is 138 cm³/mol. The van der Waals surface area contributed by atoms with Crippen LogP contribution >= 0.6 is 0 Å². The van der Waals surface area contributed by atoms with Gasteiger partial charge in [-0.1, -0.05) is 50.8 Å². The van der Waals surface area contributed by atoms with Gasteiger partial charge in [0.25, 0.3) is 5.91 Å². The van der Waals surface area contributed by atoms with E-state index in [1.807, 2.05) is 30.3 Å². The van der Waals surface area contributed by atoms with Crippen LogP contribution in [-0.4, -0.2) is 60.9 Å². The first kappa shape index (κ1) is 25.8. The maximum atomic E-state index is 13.1. The van der Waals surface area contributed by atoms with Crippen LogP contribution in [0, 0.1) is 28.6 Å². The van der Waals surface area contributed by atoms with Crippen molar-refractivity contribution in [3.05, 3.63) is 48.0 Å². The number of alkyl carbamates (subject to hydrolysis) is 1. The first-order valence-corrected chi connectivity index (χ1v) is 13.3. The van der Waals surface area contributed by atoms with Crippen molar-refractivity contribution < 1.29 is 23.6 Å². The Morgan fingerprint density at radius 3 is 2.76 bits per heavy atom. The van der Waals surface area contributed by atoms with Crippen molar-refractivity contribution in [1.82, 2.24) is 10.2 Å². The SMILES string of the molecule is C=C(C#N)C(=O)N1CCC[C@@H](OC(=O)N[C@@H](Cc2ccccc2)B2O[C@@H]3C[C@@H]4C[C@@H](C4(C)C)[C@]3(C)O2)C1. The van der Waals surface area contributed by atoms with Gasteiger partial charge in [0.15, 0.2) is 0 Å². The van der Waals surface area contributed by atoms with Gasteiger partial charge in [-0.05, 0) is 61.8 Å². The molecule has 2 aliphatic heterocycles. The fraction of sp³-hybridized carbons (Fsp3) is 0.607. The van der Waals surface area contributed by atoms with E-state index in [9.17, 15) is 9.59 Å². The number of rotatable bonds is 6. The Morgan fingerprint density at radius 2 is 2.05 bits per heavy atom. The molecule has 1 N–H and O–H groups in total. The molecule has 37 heavy (non-hydrogen) atoms. The summed E-state index contributed by atoms with van der Waals surface area (Å²) >= 11 is 0. The number of nitriles is 1. The lowest BCUT2D eigenvalue weighted by atomic mass is 9.43. The molecule has 196 valence electrons. The quantitative estimate of drug-likeness (QED) is 0.360. The molecule has 3 saturated carbocycles. The monoisotopic (exact) mass is 505 g/mol. The Kier molecular flexibility index (Phi) is 6.84. The van der Waals surface area contributed by atoms with E-state index in [4.69, 9.17) is 19.3 Å². The Bertz CT molecular complexity index is 1100. The van der Waals surface area contributed by atoms with Crippen molar-refractivity contribution in [1.29, 1.82) is 5.26 Å². The molecule has 6 rings (SSSR count). The molecule has 2 heterocycles. The van der Waals surface area contributed by atoms with Gasteiger partial charge in [-0.2, -0.15) is 5.26 Å². The largest absolute Gasteiger partial charge is 0.482 e. The van der Waals surface area contributed by atoms with Crippen LogP contribution < -0.4 is 5.32 Å². The number of piperidine rings is 1. The molecule has 9 heteroatoms. The van der Waals surface area contributed by atoms with Gasteiger partial charge in [0.05, 0.1) is 24.2 Å². The highest BCUT2D eigenvalue weighted by atomic mass is 16.7. The van der Waals surface area contributed by atoms with Gasteiger partial charge in [-0.15, -0.1) is 0 Å². The maximum Gasteiger partial charge on any atom is 0.482 e. The van der Waals surface area contributed by atoms with E-state index in [0.717, 1.165) is 18.4 Å². The highest BCUT2D eigenvalue weighted by molar-refractivity contribution is 6.47. The lowest BCUT2D eigenvalue weighted by molar-refractivity contribution is -0.199. The molecule has 0 radical (unpaired) electrons. The number of carbonyl (C=O) groups is 2. The van der Waals surface area contributed by atoms with Crippen molar-refractivity contribution in [2.75, 3.05) is 13.1 Å². The summed E-state index contributed by atoms with van der Waals surface area (Å²) in [6.07, 6.45) is 2.99. The van der Waals surface area contributed by atoms with Crippen LogP contribution in [0.25, 0.3) is 0 Å². The van der Waals surface area contributed by atoms with Crippen LogP contribution in [-0.2, 0) is 25.3 Å². The molecule has 0 unspecified atom stereocenters. The topological polar surface area (TPSA) is 101 Å². The summed E-state index contributed by atoms with van der Waals surface area (Å²) in [5.41, 5.74) is 0.802. The predicted octanol–water partition coefficient (Wildman–Crippen LogP) is 3.66. The van der Waals surface area contributed by atoms with Gasteiger partial charge in [0.1, 0.15) is 17.7 Å². The highest BCUT2D eigenvalue weighted by Gasteiger charge is 2.68. The van der Waals surface area contributed by atoms with Gasteiger partial charge >= 0.3 is 13.2 Å². The number of carbonyl (C=O) groups excluding carboxylic acids is 2. The highest BCUT2D eigenvalue weighted by Crippen LogP contribution is 2.65. The molecule has 3 aliphatic carbocycles. The Labute approximate surface area is 219 Å². The summed E-state index contributed by atoms with van der Waals surface area (Å²) in [7, 11) is -0.582. The van der Waals surface area contributed by atoms with Crippen LogP contribution in [0.2, 0.25) is 0 Å². The molecule has 5 fully saturated rings. The van der Waals surface area contributed by atoms with E-state index in [2.05, 4.69) is 32.7 Å². The molecule has 2 saturated heterocycles. The first-order chi connectivity index (χ1) is 17.6. The van der Waals surface area contributed by atoms with Crippen LogP contribution in [0.4, 0.5) is 4.79 Å². The van der Waals surface area contributed by atoms with E-state index in [0.29, 0.717) is 37.6 Å². The van der Waals surface area contributed by atoms with Crippen LogP contribution in [0.1, 0.15) is 52.0 Å². The van der Waals surface area contributed by atoms with E-state index >= 15 is 0 Å². The third-order valence-electron chi connectivity index (χ3n) is 9.23. The zero-order valence-corrected chi connectivity index (χ0v) is 21.9. The number of ether oxygens (including phenoxy) is 1. The van der Waals surface area contributed by atoms with Crippen molar-refractivity contribution in [2.45, 2.75) is 76.6 Å². The van der Waals surface area contributed by atoms with Crippen molar-refractivity contribution >= 4 is 19.1 Å². The molecule has 2 amide bonds. The number of hydrogen-bond acceptors (Lipinski definition) is 6. The van der Waals surface area contributed by atoms with E-state index in [1.54, 1.807) is 6.07 Å². The normalized spacial score (nSPS) is 32.4. The summed E-state index contributed by atoms with van der Waals surface area (Å²) in [4.78, 5) is 27.0. The Hall–Kier alpha value is -2.83. The zero-order valence-electron chi connectivity index (χ0n) is 21.9. The summed E-state index contributed by atoms with van der Waals surface area (Å²) in [6.45, 7) is 11.1. The molecule has 1 aromatic rings. The fourth-order valence-electron chi connectivity index (χ4n) is 6.95. The van der Waals surface area contributed by atoms with E-state index in [-0.39, 0.29) is 29.2 Å². The van der Waals surface area contributed by atoms with Crippen LogP contribution in [0.15, 0.2) is 42.5 Å². The smallest absolute Gasteiger partial charge is 0.444 e. The molecule has 0 aromatic heterocycles. The van der Waals surface area contributed by atoms with Gasteiger partial charge in [0.2, 0.25) is 0 Å². The molecule has 5 aliphatic rings. The molecular weight excluding hydrogens is 469 g/mol. The van der Waals surface area contributed by atoms with Gasteiger partial charge in [0, 0.05) is 6.54 Å². The minimum Gasteiger partial charge on any atom is -0.444 e. The van der Waals surface area contributed by atoms with Crippen LogP contribution in [0.5, 0.6) is 0 Å². The van der Waals surface area contributed by atoms with Crippen LogP contribution in [0.3, 0.4) is 0 Å². The van der Waals surface area contributed by atoms with Crippen molar-refractivity contribution in [3.8, 4) is 6.07 Å². The van der Waals surface area contributed by atoms with Crippen molar-refractivity contribution in [3.63, 3.8) is 0 Å². The third-order valence-corrected chi connectivity index (χ3v) is 9.23. The lowest BCUT2D eigenvalue weighted by Gasteiger charge is -2.64. The Balaban J connectivity index is 1.27. The lowest BCUT2D eigenvalue weighted by Crippen LogP contribution is -2.65. The molecule has 8 nitrogen and oxygen atoms in total. The second-order valence-corrected chi connectivity index (χ2v) is 11.8. The number of hydrogen-bond donors (Lipinski definition) is 1. The molecule has 2 bridgehead atoms. The average Bonchev–Trinajstić information content (AvgIpc) is 3.25. The number of amides is 2. The Morgan fingerprint density at radius 1 is 1.30 bits per heavy atom. The van der Waals surface area contributed by atoms with E-state index < -0.39 is 31.2 Å². The summed E-state index contributed by atoms with van der Waals surface area (Å²) in [5.74, 6) is 0.213. The second-order valence-electron chi connectivity index (χ2n) is 11.8. The summed E-state index contributed by atoms with van der Waals surface area (Å²) < 4.78 is 18.9. The summed E-state index contributed by atoms with van der Waals surface area (Å²) in [5, 5.41) is 12.0. The van der Waals surface area contributed by atoms with Gasteiger partial charge in [-0.3, -0.25) is 4.79 Å². The maximum absolute atomic E-state index is 13.1.